The first-order chi connectivity index (χ1) is 8.58. The molecule has 0 aliphatic rings. The van der Waals surface area contributed by atoms with Crippen LogP contribution >= 0.6 is 35.2 Å². The van der Waals surface area contributed by atoms with Crippen molar-refractivity contribution in [3.63, 3.8) is 0 Å². The number of hydrogen-bond acceptors (Lipinski definition) is 3. The molecule has 0 aliphatic heterocycles. The largest absolute Gasteiger partial charge is 0.389 e. The molecule has 0 spiro atoms. The fraction of sp³-hybridized carbons (Fsp3) is 0.154. The second-order valence-electron chi connectivity index (χ2n) is 3.94. The van der Waals surface area contributed by atoms with Crippen molar-refractivity contribution in [1.29, 1.82) is 0 Å². The Bertz CT molecular complexity index is 552. The van der Waals surface area contributed by atoms with Crippen LogP contribution in [0.25, 0.3) is 0 Å². The van der Waals surface area contributed by atoms with Gasteiger partial charge in [-0.25, -0.2) is 0 Å². The zero-order chi connectivity index (χ0) is 13.1. The minimum Gasteiger partial charge on any atom is -0.389 e. The molecule has 0 radical (unpaired) electrons. The van der Waals surface area contributed by atoms with Gasteiger partial charge < -0.3 is 11.1 Å². The maximum atomic E-state index is 6.20. The third kappa shape index (κ3) is 3.02. The van der Waals surface area contributed by atoms with Gasteiger partial charge in [-0.1, -0.05) is 29.9 Å². The van der Waals surface area contributed by atoms with E-state index in [1.54, 1.807) is 17.4 Å². The van der Waals surface area contributed by atoms with E-state index in [9.17, 15) is 0 Å². The van der Waals surface area contributed by atoms with E-state index in [0.717, 1.165) is 11.3 Å². The van der Waals surface area contributed by atoms with E-state index in [-0.39, 0.29) is 6.04 Å². The highest BCUT2D eigenvalue weighted by molar-refractivity contribution is 7.80. The van der Waals surface area contributed by atoms with E-state index in [4.69, 9.17) is 29.6 Å². The second kappa shape index (κ2) is 5.69. The summed E-state index contributed by atoms with van der Waals surface area (Å²) in [5, 5.41) is 6.06. The summed E-state index contributed by atoms with van der Waals surface area (Å²) >= 11 is 12.8. The van der Waals surface area contributed by atoms with Gasteiger partial charge in [-0.15, -0.1) is 11.3 Å². The molecular weight excluding hydrogens is 284 g/mol. The van der Waals surface area contributed by atoms with E-state index in [1.807, 2.05) is 18.2 Å². The smallest absolute Gasteiger partial charge is 0.104 e. The molecule has 3 N–H and O–H groups in total. The van der Waals surface area contributed by atoms with Gasteiger partial charge in [0.05, 0.1) is 16.8 Å². The van der Waals surface area contributed by atoms with Crippen LogP contribution in [-0.2, 0) is 0 Å². The molecule has 0 amide bonds. The molecule has 94 valence electrons. The minimum absolute atomic E-state index is 0.221. The van der Waals surface area contributed by atoms with Crippen LogP contribution in [0, 0.1) is 0 Å². The molecule has 1 aromatic heterocycles. The van der Waals surface area contributed by atoms with Gasteiger partial charge in [0, 0.05) is 10.4 Å². The number of hydrogen-bond donors (Lipinski definition) is 2. The van der Waals surface area contributed by atoms with Crippen molar-refractivity contribution < 1.29 is 0 Å². The first-order valence-electron chi connectivity index (χ1n) is 5.47. The predicted octanol–water partition coefficient (Wildman–Crippen LogP) is 4.21. The topological polar surface area (TPSA) is 38.0 Å². The predicted molar refractivity (Wildman–Crippen MR) is 83.7 cm³/mol. The molecule has 0 fully saturated rings. The average Bonchev–Trinajstić information content (AvgIpc) is 2.85. The van der Waals surface area contributed by atoms with Gasteiger partial charge >= 0.3 is 0 Å². The van der Waals surface area contributed by atoms with E-state index in [1.165, 1.54) is 4.88 Å². The lowest BCUT2D eigenvalue weighted by Crippen LogP contribution is -2.10. The summed E-state index contributed by atoms with van der Waals surface area (Å²) in [4.78, 5) is 1.62. The third-order valence-electron chi connectivity index (χ3n) is 2.60. The zero-order valence-electron chi connectivity index (χ0n) is 9.81. The highest BCUT2D eigenvalue weighted by atomic mass is 35.5. The highest BCUT2D eigenvalue weighted by Crippen LogP contribution is 2.28. The molecule has 2 nitrogen and oxygen atoms in total. The van der Waals surface area contributed by atoms with Crippen molar-refractivity contribution >= 4 is 45.8 Å². The molecule has 1 heterocycles. The Morgan fingerprint density at radius 3 is 2.78 bits per heavy atom. The average molecular weight is 297 g/mol. The number of benzene rings is 1. The third-order valence-corrected chi connectivity index (χ3v) is 4.20. The Labute approximate surface area is 121 Å². The van der Waals surface area contributed by atoms with Crippen molar-refractivity contribution in [2.45, 2.75) is 13.0 Å². The van der Waals surface area contributed by atoms with Crippen molar-refractivity contribution in [2.24, 2.45) is 5.73 Å². The van der Waals surface area contributed by atoms with Gasteiger partial charge in [-0.05, 0) is 36.6 Å². The first kappa shape index (κ1) is 13.3. The van der Waals surface area contributed by atoms with E-state index in [0.29, 0.717) is 10.0 Å². The van der Waals surface area contributed by atoms with E-state index < -0.39 is 0 Å². The van der Waals surface area contributed by atoms with Crippen LogP contribution in [0.5, 0.6) is 0 Å². The molecule has 5 heteroatoms. The Kier molecular flexibility index (Phi) is 4.22. The van der Waals surface area contributed by atoms with Gasteiger partial charge in [0.25, 0.3) is 0 Å². The number of thiocarbonyl (C=S) groups is 1. The van der Waals surface area contributed by atoms with Gasteiger partial charge in [-0.3, -0.25) is 0 Å². The summed E-state index contributed by atoms with van der Waals surface area (Å²) in [6, 6.07) is 9.92. The Morgan fingerprint density at radius 1 is 1.44 bits per heavy atom. The van der Waals surface area contributed by atoms with Gasteiger partial charge in [-0.2, -0.15) is 0 Å². The molecule has 0 saturated carbocycles. The monoisotopic (exact) mass is 296 g/mol. The van der Waals surface area contributed by atoms with E-state index >= 15 is 0 Å². The van der Waals surface area contributed by atoms with E-state index in [2.05, 4.69) is 23.7 Å². The standard InChI is InChI=1S/C13H13ClN2S2/c1-8(12-3-2-6-18-12)16-11-5-4-9(13(15)17)7-10(11)14/h2-8,16H,1H3,(H2,15,17). The van der Waals surface area contributed by atoms with Crippen LogP contribution in [0.3, 0.4) is 0 Å². The molecule has 1 unspecified atom stereocenters. The summed E-state index contributed by atoms with van der Waals surface area (Å²) in [5.74, 6) is 0. The Hall–Kier alpha value is -1.10. The maximum absolute atomic E-state index is 6.20. The lowest BCUT2D eigenvalue weighted by atomic mass is 10.2. The minimum atomic E-state index is 0.221. The van der Waals surface area contributed by atoms with Crippen LogP contribution in [-0.4, -0.2) is 4.99 Å². The summed E-state index contributed by atoms with van der Waals surface area (Å²) in [6.45, 7) is 2.10. The quantitative estimate of drug-likeness (QED) is 0.830. The van der Waals surface area contributed by atoms with Crippen LogP contribution in [0.1, 0.15) is 23.4 Å². The van der Waals surface area contributed by atoms with Crippen molar-refractivity contribution in [1.82, 2.24) is 0 Å². The number of nitrogens with one attached hydrogen (secondary N) is 1. The molecule has 1 aromatic carbocycles. The highest BCUT2D eigenvalue weighted by Gasteiger charge is 2.09. The fourth-order valence-corrected chi connectivity index (χ4v) is 2.72. The summed E-state index contributed by atoms with van der Waals surface area (Å²) < 4.78 is 0. The fourth-order valence-electron chi connectivity index (χ4n) is 1.63. The molecule has 0 saturated heterocycles. The molecule has 18 heavy (non-hydrogen) atoms. The van der Waals surface area contributed by atoms with Crippen LogP contribution in [0.2, 0.25) is 5.02 Å². The summed E-state index contributed by atoms with van der Waals surface area (Å²) in [6.07, 6.45) is 0. The van der Waals surface area contributed by atoms with Crippen LogP contribution < -0.4 is 11.1 Å². The lowest BCUT2D eigenvalue weighted by molar-refractivity contribution is 0.908. The summed E-state index contributed by atoms with van der Waals surface area (Å²) in [5.41, 5.74) is 7.23. The number of nitrogens with two attached hydrogens (primary N) is 1. The number of rotatable bonds is 4. The maximum Gasteiger partial charge on any atom is 0.104 e. The summed E-state index contributed by atoms with van der Waals surface area (Å²) in [7, 11) is 0. The lowest BCUT2D eigenvalue weighted by Gasteiger charge is -2.15. The molecular formula is C13H13ClN2S2. The normalized spacial score (nSPS) is 12.1. The molecule has 1 atom stereocenters. The Balaban J connectivity index is 2.17. The van der Waals surface area contributed by atoms with Crippen LogP contribution in [0.4, 0.5) is 5.69 Å². The van der Waals surface area contributed by atoms with Crippen LogP contribution in [0.15, 0.2) is 35.7 Å². The van der Waals surface area contributed by atoms with Gasteiger partial charge in [0.1, 0.15) is 4.99 Å². The molecule has 0 aliphatic carbocycles. The van der Waals surface area contributed by atoms with Crippen molar-refractivity contribution in [3.05, 3.63) is 51.2 Å². The number of thiophene rings is 1. The zero-order valence-corrected chi connectivity index (χ0v) is 12.2. The van der Waals surface area contributed by atoms with Gasteiger partial charge in [0.15, 0.2) is 0 Å². The second-order valence-corrected chi connectivity index (χ2v) is 5.77. The van der Waals surface area contributed by atoms with Crippen molar-refractivity contribution in [3.8, 4) is 0 Å². The number of anilines is 1. The van der Waals surface area contributed by atoms with Gasteiger partial charge in [0.2, 0.25) is 0 Å². The van der Waals surface area contributed by atoms with Crippen molar-refractivity contribution in [2.75, 3.05) is 5.32 Å². The molecule has 0 bridgehead atoms. The SMILES string of the molecule is CC(Nc1ccc(C(N)=S)cc1Cl)c1cccs1. The number of halogens is 1. The molecule has 2 rings (SSSR count). The first-order valence-corrected chi connectivity index (χ1v) is 7.14. The Morgan fingerprint density at radius 2 is 2.22 bits per heavy atom. The molecule has 2 aromatic rings.